The highest BCUT2D eigenvalue weighted by molar-refractivity contribution is 5.89. The summed E-state index contributed by atoms with van der Waals surface area (Å²) in [6, 6.07) is 0.158. The van der Waals surface area contributed by atoms with Gasteiger partial charge in [-0.05, 0) is 40.0 Å². The number of carbonyl (C=O) groups excluding carboxylic acids is 2. The van der Waals surface area contributed by atoms with Crippen LogP contribution in [0.15, 0.2) is 0 Å². The summed E-state index contributed by atoms with van der Waals surface area (Å²) in [5, 5.41) is 10.1. The van der Waals surface area contributed by atoms with Crippen molar-refractivity contribution in [2.24, 2.45) is 5.92 Å². The maximum atomic E-state index is 12.5. The van der Waals surface area contributed by atoms with Gasteiger partial charge in [-0.3, -0.25) is 9.59 Å². The summed E-state index contributed by atoms with van der Waals surface area (Å²) < 4.78 is 0. The molecule has 0 bridgehead atoms. The van der Waals surface area contributed by atoms with E-state index in [-0.39, 0.29) is 23.8 Å². The van der Waals surface area contributed by atoms with Crippen LogP contribution in [-0.2, 0) is 9.59 Å². The molecule has 0 aliphatic carbocycles. The van der Waals surface area contributed by atoms with Crippen molar-refractivity contribution < 1.29 is 14.7 Å². The molecule has 2 rings (SSSR count). The molecule has 2 heterocycles. The van der Waals surface area contributed by atoms with E-state index in [9.17, 15) is 14.7 Å². The Bertz CT molecular complexity index is 393. The standard InChI is InChI=1S/C15H26N2O3/c1-11(2)17-10-12(9-13(17)18)14(19)16-7-4-5-15(3,20)6-8-16/h11-12,20H,4-10H2,1-3H3. The van der Waals surface area contributed by atoms with Gasteiger partial charge in [0.15, 0.2) is 0 Å². The molecule has 0 saturated carbocycles. The normalized spacial score (nSPS) is 31.9. The van der Waals surface area contributed by atoms with E-state index < -0.39 is 5.60 Å². The van der Waals surface area contributed by atoms with Crippen LogP contribution in [-0.4, -0.2) is 58.0 Å². The Morgan fingerprint density at radius 3 is 2.65 bits per heavy atom. The van der Waals surface area contributed by atoms with E-state index in [1.807, 2.05) is 25.7 Å². The van der Waals surface area contributed by atoms with Crippen LogP contribution in [0.2, 0.25) is 0 Å². The Labute approximate surface area is 120 Å². The second-order valence-corrected chi connectivity index (χ2v) is 6.72. The van der Waals surface area contributed by atoms with Gasteiger partial charge in [0.1, 0.15) is 0 Å². The van der Waals surface area contributed by atoms with Crippen molar-refractivity contribution in [1.82, 2.24) is 9.80 Å². The van der Waals surface area contributed by atoms with E-state index >= 15 is 0 Å². The Balaban J connectivity index is 1.97. The first kappa shape index (κ1) is 15.3. The molecule has 114 valence electrons. The number of hydrogen-bond acceptors (Lipinski definition) is 3. The van der Waals surface area contributed by atoms with E-state index in [1.54, 1.807) is 4.90 Å². The first-order chi connectivity index (χ1) is 9.30. The van der Waals surface area contributed by atoms with Crippen molar-refractivity contribution in [2.75, 3.05) is 19.6 Å². The number of hydrogen-bond donors (Lipinski definition) is 1. The van der Waals surface area contributed by atoms with Crippen LogP contribution < -0.4 is 0 Å². The number of aliphatic hydroxyl groups is 1. The lowest BCUT2D eigenvalue weighted by Crippen LogP contribution is -2.39. The molecule has 2 fully saturated rings. The predicted molar refractivity (Wildman–Crippen MR) is 76.0 cm³/mol. The van der Waals surface area contributed by atoms with Crippen molar-refractivity contribution in [2.45, 2.75) is 58.1 Å². The van der Waals surface area contributed by atoms with Crippen LogP contribution >= 0.6 is 0 Å². The molecule has 0 radical (unpaired) electrons. The van der Waals surface area contributed by atoms with Crippen LogP contribution in [0.1, 0.15) is 46.5 Å². The van der Waals surface area contributed by atoms with Gasteiger partial charge in [0.25, 0.3) is 0 Å². The molecule has 2 aliphatic heterocycles. The molecule has 5 heteroatoms. The quantitative estimate of drug-likeness (QED) is 0.822. The molecule has 0 aromatic carbocycles. The van der Waals surface area contributed by atoms with Crippen LogP contribution in [0.4, 0.5) is 0 Å². The molecule has 2 atom stereocenters. The topological polar surface area (TPSA) is 60.9 Å². The summed E-state index contributed by atoms with van der Waals surface area (Å²) in [6.45, 7) is 7.63. The Morgan fingerprint density at radius 1 is 1.35 bits per heavy atom. The maximum Gasteiger partial charge on any atom is 0.227 e. The minimum Gasteiger partial charge on any atom is -0.390 e. The van der Waals surface area contributed by atoms with E-state index in [0.29, 0.717) is 32.5 Å². The first-order valence-electron chi connectivity index (χ1n) is 7.61. The highest BCUT2D eigenvalue weighted by atomic mass is 16.3. The number of carbonyl (C=O) groups is 2. The van der Waals surface area contributed by atoms with Crippen molar-refractivity contribution in [1.29, 1.82) is 0 Å². The monoisotopic (exact) mass is 282 g/mol. The molecule has 5 nitrogen and oxygen atoms in total. The number of rotatable bonds is 2. The molecule has 20 heavy (non-hydrogen) atoms. The van der Waals surface area contributed by atoms with Gasteiger partial charge < -0.3 is 14.9 Å². The van der Waals surface area contributed by atoms with E-state index in [2.05, 4.69) is 0 Å². The smallest absolute Gasteiger partial charge is 0.227 e. The summed E-state index contributed by atoms with van der Waals surface area (Å²) in [4.78, 5) is 28.1. The van der Waals surface area contributed by atoms with Gasteiger partial charge in [0.2, 0.25) is 11.8 Å². The Morgan fingerprint density at radius 2 is 2.05 bits per heavy atom. The van der Waals surface area contributed by atoms with Crippen LogP contribution in [0.5, 0.6) is 0 Å². The van der Waals surface area contributed by atoms with E-state index in [1.165, 1.54) is 0 Å². The van der Waals surface area contributed by atoms with E-state index in [4.69, 9.17) is 0 Å². The number of amides is 2. The van der Waals surface area contributed by atoms with Crippen molar-refractivity contribution >= 4 is 11.8 Å². The SMILES string of the molecule is CC(C)N1CC(C(=O)N2CCCC(C)(O)CC2)CC1=O. The second-order valence-electron chi connectivity index (χ2n) is 6.72. The molecule has 0 aromatic rings. The Kier molecular flexibility index (Phi) is 4.37. The van der Waals surface area contributed by atoms with Gasteiger partial charge in [0.05, 0.1) is 11.5 Å². The fourth-order valence-electron chi connectivity index (χ4n) is 3.14. The molecule has 2 unspecified atom stereocenters. The molecule has 0 spiro atoms. The molecule has 2 amide bonds. The zero-order valence-electron chi connectivity index (χ0n) is 12.8. The van der Waals surface area contributed by atoms with Crippen molar-refractivity contribution in [3.05, 3.63) is 0 Å². The lowest BCUT2D eigenvalue weighted by Gasteiger charge is -2.25. The zero-order chi connectivity index (χ0) is 14.9. The summed E-state index contributed by atoms with van der Waals surface area (Å²) in [5.74, 6) is -0.0349. The highest BCUT2D eigenvalue weighted by Crippen LogP contribution is 2.26. The minimum absolute atomic E-state index is 0.0826. The van der Waals surface area contributed by atoms with Crippen molar-refractivity contribution in [3.8, 4) is 0 Å². The van der Waals surface area contributed by atoms with E-state index in [0.717, 1.165) is 12.8 Å². The fraction of sp³-hybridized carbons (Fsp3) is 0.867. The first-order valence-corrected chi connectivity index (χ1v) is 7.61. The lowest BCUT2D eigenvalue weighted by atomic mass is 9.98. The van der Waals surface area contributed by atoms with Crippen LogP contribution in [0.25, 0.3) is 0 Å². The summed E-state index contributed by atoms with van der Waals surface area (Å²) in [7, 11) is 0. The molecular formula is C15H26N2O3. The van der Waals surface area contributed by atoms with Gasteiger partial charge in [0, 0.05) is 32.1 Å². The van der Waals surface area contributed by atoms with Gasteiger partial charge in [-0.15, -0.1) is 0 Å². The number of nitrogens with zero attached hydrogens (tertiary/aromatic N) is 2. The van der Waals surface area contributed by atoms with Crippen molar-refractivity contribution in [3.63, 3.8) is 0 Å². The third-order valence-electron chi connectivity index (χ3n) is 4.51. The number of likely N-dealkylation sites (tertiary alicyclic amines) is 2. The lowest BCUT2D eigenvalue weighted by molar-refractivity contribution is -0.136. The van der Waals surface area contributed by atoms with Gasteiger partial charge in [-0.2, -0.15) is 0 Å². The largest absolute Gasteiger partial charge is 0.390 e. The molecular weight excluding hydrogens is 256 g/mol. The average Bonchev–Trinajstić information content (AvgIpc) is 2.65. The van der Waals surface area contributed by atoms with Gasteiger partial charge in [-0.25, -0.2) is 0 Å². The average molecular weight is 282 g/mol. The third kappa shape index (κ3) is 3.32. The molecule has 2 saturated heterocycles. The highest BCUT2D eigenvalue weighted by Gasteiger charge is 2.38. The summed E-state index contributed by atoms with van der Waals surface area (Å²) in [5.41, 5.74) is -0.662. The fourth-order valence-corrected chi connectivity index (χ4v) is 3.14. The zero-order valence-corrected chi connectivity index (χ0v) is 12.8. The second kappa shape index (κ2) is 5.72. The molecule has 2 aliphatic rings. The molecule has 0 aromatic heterocycles. The van der Waals surface area contributed by atoms with Gasteiger partial charge >= 0.3 is 0 Å². The molecule has 1 N–H and O–H groups in total. The maximum absolute atomic E-state index is 12.5. The Hall–Kier alpha value is -1.10. The van der Waals surface area contributed by atoms with Gasteiger partial charge in [-0.1, -0.05) is 0 Å². The third-order valence-corrected chi connectivity index (χ3v) is 4.51. The minimum atomic E-state index is -0.662. The predicted octanol–water partition coefficient (Wildman–Crippen LogP) is 1.01. The van der Waals surface area contributed by atoms with Crippen LogP contribution in [0, 0.1) is 5.92 Å². The summed E-state index contributed by atoms with van der Waals surface area (Å²) >= 11 is 0. The summed E-state index contributed by atoms with van der Waals surface area (Å²) in [6.07, 6.45) is 2.52. The van der Waals surface area contributed by atoms with Crippen LogP contribution in [0.3, 0.4) is 0 Å².